The van der Waals surface area contributed by atoms with Gasteiger partial charge in [0, 0.05) is 51.9 Å². The molecular formula is C24H34N6O3. The van der Waals surface area contributed by atoms with Crippen molar-refractivity contribution in [2.75, 3.05) is 39.3 Å². The van der Waals surface area contributed by atoms with Crippen LogP contribution in [0.15, 0.2) is 46.0 Å². The Balaban J connectivity index is 1.23. The SMILES string of the molecule is CC(C)(O)CNCC1CN2C=NC(C(=O)NC[C@H](O)CN3CCc4ccccc4C3)=CC2=N1. The number of aliphatic hydroxyl groups excluding tert-OH is 1. The first-order valence-corrected chi connectivity index (χ1v) is 11.6. The summed E-state index contributed by atoms with van der Waals surface area (Å²) in [5.41, 5.74) is 2.19. The molecule has 4 N–H and O–H groups in total. The minimum atomic E-state index is -0.769. The normalized spacial score (nSPS) is 21.2. The maximum atomic E-state index is 12.6. The van der Waals surface area contributed by atoms with Gasteiger partial charge in [0.2, 0.25) is 0 Å². The summed E-state index contributed by atoms with van der Waals surface area (Å²) in [4.78, 5) is 25.6. The molecule has 4 rings (SSSR count). The van der Waals surface area contributed by atoms with Gasteiger partial charge in [-0.2, -0.15) is 0 Å². The summed E-state index contributed by atoms with van der Waals surface area (Å²) in [6.07, 6.45) is 3.63. The zero-order chi connectivity index (χ0) is 23.4. The summed E-state index contributed by atoms with van der Waals surface area (Å²) >= 11 is 0. The third kappa shape index (κ3) is 6.48. The highest BCUT2D eigenvalue weighted by atomic mass is 16.3. The molecule has 1 aromatic carbocycles. The second-order valence-electron chi connectivity index (χ2n) is 9.63. The number of nitrogens with zero attached hydrogens (tertiary/aromatic N) is 4. The van der Waals surface area contributed by atoms with Gasteiger partial charge in [0.25, 0.3) is 5.91 Å². The molecule has 0 aromatic heterocycles. The number of rotatable bonds is 9. The van der Waals surface area contributed by atoms with Gasteiger partial charge in [-0.1, -0.05) is 24.3 Å². The summed E-state index contributed by atoms with van der Waals surface area (Å²) in [5, 5.41) is 26.3. The van der Waals surface area contributed by atoms with E-state index in [1.54, 1.807) is 26.3 Å². The predicted octanol–water partition coefficient (Wildman–Crippen LogP) is -0.109. The lowest BCUT2D eigenvalue weighted by Crippen LogP contribution is -2.42. The van der Waals surface area contributed by atoms with E-state index in [1.807, 2.05) is 11.0 Å². The van der Waals surface area contributed by atoms with E-state index in [0.29, 0.717) is 32.0 Å². The van der Waals surface area contributed by atoms with Gasteiger partial charge < -0.3 is 25.7 Å². The van der Waals surface area contributed by atoms with Crippen LogP contribution in [0.1, 0.15) is 25.0 Å². The molecule has 0 bridgehead atoms. The molecule has 0 fully saturated rings. The van der Waals surface area contributed by atoms with E-state index in [9.17, 15) is 15.0 Å². The number of amidine groups is 1. The quantitative estimate of drug-likeness (QED) is 0.414. The number of carbonyl (C=O) groups excluding carboxylic acids is 1. The monoisotopic (exact) mass is 454 g/mol. The van der Waals surface area contributed by atoms with Gasteiger partial charge in [-0.25, -0.2) is 4.99 Å². The molecule has 9 heteroatoms. The van der Waals surface area contributed by atoms with E-state index in [-0.39, 0.29) is 24.2 Å². The van der Waals surface area contributed by atoms with Crippen molar-refractivity contribution in [3.8, 4) is 0 Å². The Labute approximate surface area is 194 Å². The zero-order valence-corrected chi connectivity index (χ0v) is 19.4. The Morgan fingerprint density at radius 2 is 2.09 bits per heavy atom. The third-order valence-electron chi connectivity index (χ3n) is 5.97. The molecule has 0 saturated carbocycles. The molecule has 3 aliphatic heterocycles. The lowest BCUT2D eigenvalue weighted by molar-refractivity contribution is -0.118. The molecule has 0 aliphatic carbocycles. The predicted molar refractivity (Wildman–Crippen MR) is 128 cm³/mol. The molecule has 0 spiro atoms. The van der Waals surface area contributed by atoms with Crippen LogP contribution in [-0.2, 0) is 17.8 Å². The average Bonchev–Trinajstić information content (AvgIpc) is 3.18. The first kappa shape index (κ1) is 23.6. The fourth-order valence-corrected chi connectivity index (χ4v) is 4.29. The van der Waals surface area contributed by atoms with Crippen molar-refractivity contribution < 1.29 is 15.0 Å². The van der Waals surface area contributed by atoms with Crippen LogP contribution in [0.3, 0.4) is 0 Å². The van der Waals surface area contributed by atoms with E-state index in [1.165, 1.54) is 11.1 Å². The number of fused-ring (bicyclic) bond motifs is 2. The number of carbonyl (C=O) groups is 1. The number of aliphatic imine (C=N–C) groups is 2. The number of β-amino-alcohol motifs (C(OH)–C–C–N with tert-alkyl or cyclic N) is 1. The first-order chi connectivity index (χ1) is 15.8. The van der Waals surface area contributed by atoms with Crippen LogP contribution in [0.5, 0.6) is 0 Å². The molecule has 1 unspecified atom stereocenters. The fraction of sp³-hybridized carbons (Fsp3) is 0.542. The number of amides is 1. The van der Waals surface area contributed by atoms with E-state index in [4.69, 9.17) is 0 Å². The van der Waals surface area contributed by atoms with Gasteiger partial charge in [-0.15, -0.1) is 0 Å². The number of aliphatic hydroxyl groups is 2. The number of benzene rings is 1. The molecular weight excluding hydrogens is 420 g/mol. The standard InChI is InChI=1S/C24H34N6O3/c1-24(2,33)15-25-10-19-13-30-16-27-21(9-22(30)28-19)23(32)26-11-20(31)14-29-8-7-17-5-3-4-6-18(17)12-29/h3-6,9,16,19-20,25,31,33H,7-8,10-15H2,1-2H3,(H,26,32)/t19?,20-/m0/s1. The Bertz CT molecular complexity index is 952. The molecule has 0 saturated heterocycles. The first-order valence-electron chi connectivity index (χ1n) is 11.6. The van der Waals surface area contributed by atoms with Gasteiger partial charge in [-0.3, -0.25) is 14.7 Å². The van der Waals surface area contributed by atoms with Crippen molar-refractivity contribution >= 4 is 18.1 Å². The highest BCUT2D eigenvalue weighted by Crippen LogP contribution is 2.18. The molecule has 3 aliphatic rings. The minimum absolute atomic E-state index is 0.0314. The van der Waals surface area contributed by atoms with Crippen LogP contribution in [0.4, 0.5) is 0 Å². The van der Waals surface area contributed by atoms with Crippen LogP contribution >= 0.6 is 0 Å². The van der Waals surface area contributed by atoms with Crippen LogP contribution in [0.2, 0.25) is 0 Å². The van der Waals surface area contributed by atoms with Crippen LogP contribution < -0.4 is 10.6 Å². The van der Waals surface area contributed by atoms with Crippen molar-refractivity contribution in [2.24, 2.45) is 9.98 Å². The number of nitrogens with one attached hydrogen (secondary N) is 2. The van der Waals surface area contributed by atoms with Gasteiger partial charge in [0.05, 0.1) is 24.1 Å². The van der Waals surface area contributed by atoms with Gasteiger partial charge in [0.15, 0.2) is 0 Å². The number of hydrogen-bond donors (Lipinski definition) is 4. The smallest absolute Gasteiger partial charge is 0.270 e. The summed E-state index contributed by atoms with van der Waals surface area (Å²) < 4.78 is 0. The van der Waals surface area contributed by atoms with Gasteiger partial charge >= 0.3 is 0 Å². The average molecular weight is 455 g/mol. The second kappa shape index (κ2) is 10.1. The summed E-state index contributed by atoms with van der Waals surface area (Å²) in [5.74, 6) is 0.387. The molecule has 9 nitrogen and oxygen atoms in total. The number of hydrogen-bond acceptors (Lipinski definition) is 8. The molecule has 1 amide bonds. The lowest BCUT2D eigenvalue weighted by atomic mass is 10.00. The minimum Gasteiger partial charge on any atom is -0.390 e. The molecule has 3 heterocycles. The molecule has 33 heavy (non-hydrogen) atoms. The maximum absolute atomic E-state index is 12.6. The molecule has 1 aromatic rings. The van der Waals surface area contributed by atoms with Gasteiger partial charge in [-0.05, 0) is 31.4 Å². The lowest BCUT2D eigenvalue weighted by Gasteiger charge is -2.30. The van der Waals surface area contributed by atoms with E-state index < -0.39 is 11.7 Å². The van der Waals surface area contributed by atoms with Crippen LogP contribution in [-0.4, -0.2) is 95.1 Å². The highest BCUT2D eigenvalue weighted by Gasteiger charge is 2.27. The third-order valence-corrected chi connectivity index (χ3v) is 5.97. The Kier molecular flexibility index (Phi) is 7.23. The van der Waals surface area contributed by atoms with Crippen molar-refractivity contribution in [3.05, 3.63) is 47.2 Å². The topological polar surface area (TPSA) is 113 Å². The molecule has 178 valence electrons. The summed E-state index contributed by atoms with van der Waals surface area (Å²) in [6, 6.07) is 8.43. The van der Waals surface area contributed by atoms with Gasteiger partial charge in [0.1, 0.15) is 11.5 Å². The van der Waals surface area contributed by atoms with Crippen LogP contribution in [0.25, 0.3) is 0 Å². The van der Waals surface area contributed by atoms with E-state index >= 15 is 0 Å². The molecule has 0 radical (unpaired) electrons. The summed E-state index contributed by atoms with van der Waals surface area (Å²) in [6.45, 7) is 7.72. The van der Waals surface area contributed by atoms with Crippen molar-refractivity contribution in [3.63, 3.8) is 0 Å². The summed E-state index contributed by atoms with van der Waals surface area (Å²) in [7, 11) is 0. The van der Waals surface area contributed by atoms with E-state index in [2.05, 4.69) is 43.7 Å². The Morgan fingerprint density at radius 1 is 1.30 bits per heavy atom. The Hall–Kier alpha value is -2.59. The zero-order valence-electron chi connectivity index (χ0n) is 19.4. The van der Waals surface area contributed by atoms with Crippen molar-refractivity contribution in [2.45, 2.75) is 44.6 Å². The van der Waals surface area contributed by atoms with Crippen molar-refractivity contribution in [1.29, 1.82) is 0 Å². The highest BCUT2D eigenvalue weighted by molar-refractivity contribution is 6.10. The van der Waals surface area contributed by atoms with Crippen LogP contribution in [0, 0.1) is 0 Å². The second-order valence-corrected chi connectivity index (χ2v) is 9.63. The van der Waals surface area contributed by atoms with Crippen molar-refractivity contribution in [1.82, 2.24) is 20.4 Å². The maximum Gasteiger partial charge on any atom is 0.270 e. The fourth-order valence-electron chi connectivity index (χ4n) is 4.29. The largest absolute Gasteiger partial charge is 0.390 e. The molecule has 2 atom stereocenters. The Morgan fingerprint density at radius 3 is 2.88 bits per heavy atom. The van der Waals surface area contributed by atoms with E-state index in [0.717, 1.165) is 19.5 Å².